The largest absolute Gasteiger partial charge is 0.0622 e. The van der Waals surface area contributed by atoms with Crippen LogP contribution in [0, 0.1) is 11.8 Å². The first-order chi connectivity index (χ1) is 15.9. The van der Waals surface area contributed by atoms with Gasteiger partial charge >= 0.3 is 0 Å². The molecular weight excluding hydrogens is 384 g/mol. The van der Waals surface area contributed by atoms with Crippen LogP contribution in [0.2, 0.25) is 0 Å². The van der Waals surface area contributed by atoms with Crippen molar-refractivity contribution >= 4 is 22.3 Å². The standard InChI is InChI=1S/C32H22/c1-3-9-21(10-4-1)25-17-23-15-16-24-18-26(22-11-5-2-6-12-22)20-30-28-14-8-7-13-27(28)29(19-25)31(23)32(24)30/h1-20,31-32H. The fourth-order valence-electron chi connectivity index (χ4n) is 5.81. The SMILES string of the molecule is C1=C(c2ccccc2)C=C2c3ccccc3C3=CC(c4ccccc4)=CC4=CC=C1C2C43. The minimum absolute atomic E-state index is 0.386. The Morgan fingerprint density at radius 1 is 0.406 bits per heavy atom. The van der Waals surface area contributed by atoms with Crippen LogP contribution in [0.5, 0.6) is 0 Å². The minimum atomic E-state index is 0.386. The summed E-state index contributed by atoms with van der Waals surface area (Å²) in [5.41, 5.74) is 13.7. The van der Waals surface area contributed by atoms with Gasteiger partial charge in [0.1, 0.15) is 0 Å². The molecule has 7 rings (SSSR count). The van der Waals surface area contributed by atoms with Crippen LogP contribution in [0.15, 0.2) is 133 Å². The van der Waals surface area contributed by atoms with Crippen LogP contribution in [0.25, 0.3) is 22.3 Å². The van der Waals surface area contributed by atoms with Crippen molar-refractivity contribution in [1.82, 2.24) is 0 Å². The van der Waals surface area contributed by atoms with Crippen LogP contribution in [0.1, 0.15) is 22.3 Å². The van der Waals surface area contributed by atoms with Gasteiger partial charge in [-0.05, 0) is 67.8 Å². The van der Waals surface area contributed by atoms with Gasteiger partial charge < -0.3 is 0 Å². The van der Waals surface area contributed by atoms with E-state index in [9.17, 15) is 0 Å². The Hall–Kier alpha value is -3.90. The fraction of sp³-hybridized carbons (Fsp3) is 0.0625. The average Bonchev–Trinajstić information content (AvgIpc) is 2.88. The molecule has 0 radical (unpaired) electrons. The summed E-state index contributed by atoms with van der Waals surface area (Å²) in [5.74, 6) is 0.773. The fourth-order valence-corrected chi connectivity index (χ4v) is 5.81. The van der Waals surface area contributed by atoms with Crippen LogP contribution in [0.4, 0.5) is 0 Å². The van der Waals surface area contributed by atoms with Crippen molar-refractivity contribution in [3.05, 3.63) is 155 Å². The quantitative estimate of drug-likeness (QED) is 0.408. The van der Waals surface area contributed by atoms with E-state index in [0.29, 0.717) is 11.8 Å². The van der Waals surface area contributed by atoms with E-state index in [0.717, 1.165) is 0 Å². The zero-order valence-electron chi connectivity index (χ0n) is 17.7. The molecule has 150 valence electrons. The molecule has 3 aromatic carbocycles. The van der Waals surface area contributed by atoms with Gasteiger partial charge in [-0.25, -0.2) is 0 Å². The smallest absolute Gasteiger partial charge is 0.0206 e. The van der Waals surface area contributed by atoms with Gasteiger partial charge in [-0.3, -0.25) is 0 Å². The summed E-state index contributed by atoms with van der Waals surface area (Å²) in [6.07, 6.45) is 14.4. The number of allylic oxidation sites excluding steroid dienone is 12. The summed E-state index contributed by atoms with van der Waals surface area (Å²) in [6.45, 7) is 0. The summed E-state index contributed by atoms with van der Waals surface area (Å²) >= 11 is 0. The van der Waals surface area contributed by atoms with Gasteiger partial charge in [0.2, 0.25) is 0 Å². The van der Waals surface area contributed by atoms with E-state index in [1.165, 1.54) is 55.7 Å². The van der Waals surface area contributed by atoms with Crippen LogP contribution in [-0.2, 0) is 0 Å². The third-order valence-corrected chi connectivity index (χ3v) is 7.22. The molecular formula is C32H22. The molecule has 32 heavy (non-hydrogen) atoms. The van der Waals surface area contributed by atoms with Gasteiger partial charge in [0, 0.05) is 11.8 Å². The van der Waals surface area contributed by atoms with Crippen molar-refractivity contribution < 1.29 is 0 Å². The summed E-state index contributed by atoms with van der Waals surface area (Å²) < 4.78 is 0. The predicted octanol–water partition coefficient (Wildman–Crippen LogP) is 7.76. The van der Waals surface area contributed by atoms with Gasteiger partial charge in [0.05, 0.1) is 0 Å². The Morgan fingerprint density at radius 2 is 0.812 bits per heavy atom. The van der Waals surface area contributed by atoms with Crippen molar-refractivity contribution in [2.75, 3.05) is 0 Å². The van der Waals surface area contributed by atoms with Crippen LogP contribution in [0.3, 0.4) is 0 Å². The second kappa shape index (κ2) is 6.80. The first-order valence-corrected chi connectivity index (χ1v) is 11.4. The second-order valence-corrected chi connectivity index (χ2v) is 8.97. The first-order valence-electron chi connectivity index (χ1n) is 11.4. The molecule has 0 saturated carbocycles. The molecule has 2 atom stereocenters. The van der Waals surface area contributed by atoms with Crippen molar-refractivity contribution in [3.8, 4) is 0 Å². The highest BCUT2D eigenvalue weighted by molar-refractivity contribution is 6.01. The van der Waals surface area contributed by atoms with E-state index >= 15 is 0 Å². The zero-order chi connectivity index (χ0) is 21.1. The first kappa shape index (κ1) is 17.7. The average molecular weight is 407 g/mol. The number of rotatable bonds is 2. The Balaban J connectivity index is 1.49. The van der Waals surface area contributed by atoms with Gasteiger partial charge in [0.15, 0.2) is 0 Å². The third kappa shape index (κ3) is 2.56. The minimum Gasteiger partial charge on any atom is -0.0622 e. The molecule has 0 nitrogen and oxygen atoms in total. The molecule has 0 saturated heterocycles. The Morgan fingerprint density at radius 3 is 1.25 bits per heavy atom. The molecule has 0 heteroatoms. The molecule has 4 aliphatic carbocycles. The lowest BCUT2D eigenvalue weighted by Crippen LogP contribution is -2.30. The van der Waals surface area contributed by atoms with E-state index in [2.05, 4.69) is 121 Å². The number of fused-ring (bicyclic) bond motifs is 3. The molecule has 0 heterocycles. The number of hydrogen-bond donors (Lipinski definition) is 0. The van der Waals surface area contributed by atoms with Crippen molar-refractivity contribution in [2.45, 2.75) is 0 Å². The molecule has 0 aromatic heterocycles. The zero-order valence-corrected chi connectivity index (χ0v) is 17.7. The molecule has 3 aromatic rings. The number of benzene rings is 3. The maximum absolute atomic E-state index is 2.44. The molecule has 0 fully saturated rings. The van der Waals surface area contributed by atoms with E-state index in [4.69, 9.17) is 0 Å². The Bertz CT molecular complexity index is 1320. The number of hydrogen-bond acceptors (Lipinski definition) is 0. The molecule has 0 aliphatic heterocycles. The van der Waals surface area contributed by atoms with Crippen molar-refractivity contribution in [1.29, 1.82) is 0 Å². The van der Waals surface area contributed by atoms with E-state index in [-0.39, 0.29) is 0 Å². The normalized spacial score (nSPS) is 22.2. The highest BCUT2D eigenvalue weighted by Crippen LogP contribution is 2.57. The third-order valence-electron chi connectivity index (χ3n) is 7.22. The molecule has 0 spiro atoms. The molecule has 4 aliphatic rings. The monoisotopic (exact) mass is 406 g/mol. The van der Waals surface area contributed by atoms with Gasteiger partial charge in [0.25, 0.3) is 0 Å². The van der Waals surface area contributed by atoms with E-state index in [1.807, 2.05) is 0 Å². The van der Waals surface area contributed by atoms with Crippen LogP contribution in [-0.4, -0.2) is 0 Å². The highest BCUT2D eigenvalue weighted by atomic mass is 14.5. The van der Waals surface area contributed by atoms with Gasteiger partial charge in [-0.15, -0.1) is 0 Å². The maximum atomic E-state index is 2.44. The molecule has 0 N–H and O–H groups in total. The van der Waals surface area contributed by atoms with Gasteiger partial charge in [-0.2, -0.15) is 0 Å². The molecule has 0 bridgehead atoms. The van der Waals surface area contributed by atoms with Gasteiger partial charge in [-0.1, -0.05) is 109 Å². The second-order valence-electron chi connectivity index (χ2n) is 8.97. The summed E-state index contributed by atoms with van der Waals surface area (Å²) in [5, 5.41) is 0. The lowest BCUT2D eigenvalue weighted by Gasteiger charge is -2.44. The lowest BCUT2D eigenvalue weighted by atomic mass is 9.59. The van der Waals surface area contributed by atoms with Crippen molar-refractivity contribution in [2.24, 2.45) is 11.8 Å². The van der Waals surface area contributed by atoms with E-state index in [1.54, 1.807) is 0 Å². The summed E-state index contributed by atoms with van der Waals surface area (Å²) in [4.78, 5) is 0. The highest BCUT2D eigenvalue weighted by Gasteiger charge is 2.42. The molecule has 2 unspecified atom stereocenters. The van der Waals surface area contributed by atoms with Crippen LogP contribution >= 0.6 is 0 Å². The Kier molecular flexibility index (Phi) is 3.77. The lowest BCUT2D eigenvalue weighted by molar-refractivity contribution is 0.637. The van der Waals surface area contributed by atoms with E-state index < -0.39 is 0 Å². The predicted molar refractivity (Wildman–Crippen MR) is 134 cm³/mol. The maximum Gasteiger partial charge on any atom is 0.0206 e. The van der Waals surface area contributed by atoms with Crippen LogP contribution < -0.4 is 0 Å². The van der Waals surface area contributed by atoms with Crippen molar-refractivity contribution in [3.63, 3.8) is 0 Å². The topological polar surface area (TPSA) is 0 Å². The summed E-state index contributed by atoms with van der Waals surface area (Å²) in [7, 11) is 0. The Labute approximate surface area is 188 Å². The molecule has 0 amide bonds. The summed E-state index contributed by atoms with van der Waals surface area (Å²) in [6, 6.07) is 30.5.